The number of rotatable bonds is 2. The number of aliphatic hydroxyl groups is 1. The molecule has 4 nitrogen and oxygen atoms in total. The van der Waals surface area contributed by atoms with Crippen molar-refractivity contribution in [2.45, 2.75) is 18.9 Å². The maximum Gasteiger partial charge on any atom is 0.150 e. The maximum atomic E-state index is 11.3. The summed E-state index contributed by atoms with van der Waals surface area (Å²) < 4.78 is 22.5. The topological polar surface area (TPSA) is 67.3 Å². The van der Waals surface area contributed by atoms with Gasteiger partial charge in [0.15, 0.2) is 0 Å². The Balaban J connectivity index is 2.05. The quantitative estimate of drug-likeness (QED) is 0.836. The van der Waals surface area contributed by atoms with Crippen molar-refractivity contribution in [2.24, 2.45) is 5.92 Å². The molecule has 2 rings (SSSR count). The van der Waals surface area contributed by atoms with Gasteiger partial charge in [-0.15, -0.1) is 0 Å². The van der Waals surface area contributed by atoms with Gasteiger partial charge in [-0.3, -0.25) is 4.98 Å². The van der Waals surface area contributed by atoms with Crippen LogP contribution in [0.2, 0.25) is 0 Å². The molecule has 1 atom stereocenters. The Hall–Kier alpha value is -0.940. The molecule has 0 aliphatic carbocycles. The molecule has 1 aliphatic heterocycles. The van der Waals surface area contributed by atoms with Gasteiger partial charge < -0.3 is 5.11 Å². The molecular formula is C11H15NO3S. The molecule has 16 heavy (non-hydrogen) atoms. The fourth-order valence-corrected chi connectivity index (χ4v) is 3.54. The molecule has 0 radical (unpaired) electrons. The average Bonchev–Trinajstić information content (AvgIpc) is 2.29. The van der Waals surface area contributed by atoms with E-state index in [0.29, 0.717) is 18.5 Å². The van der Waals surface area contributed by atoms with Gasteiger partial charge in [0.2, 0.25) is 0 Å². The molecule has 0 spiro atoms. The molecule has 1 fully saturated rings. The molecule has 5 heteroatoms. The highest BCUT2D eigenvalue weighted by atomic mass is 32.2. The third kappa shape index (κ3) is 2.59. The summed E-state index contributed by atoms with van der Waals surface area (Å²) in [7, 11) is -2.86. The van der Waals surface area contributed by atoms with E-state index in [1.165, 1.54) is 0 Å². The summed E-state index contributed by atoms with van der Waals surface area (Å²) in [6, 6.07) is 5.39. The maximum absolute atomic E-state index is 11.3. The van der Waals surface area contributed by atoms with Crippen molar-refractivity contribution in [3.8, 4) is 0 Å². The van der Waals surface area contributed by atoms with E-state index >= 15 is 0 Å². The number of pyridine rings is 1. The molecule has 2 heterocycles. The highest BCUT2D eigenvalue weighted by molar-refractivity contribution is 7.91. The standard InChI is InChI=1S/C11H15NO3S/c13-11(10-3-1-2-6-12-10)9-4-7-16(14,15)8-5-9/h1-3,6,9,11,13H,4-5,7-8H2. The van der Waals surface area contributed by atoms with Crippen LogP contribution in [-0.4, -0.2) is 30.0 Å². The van der Waals surface area contributed by atoms with Crippen LogP contribution in [0.5, 0.6) is 0 Å². The first-order valence-electron chi connectivity index (χ1n) is 5.38. The Morgan fingerprint density at radius 2 is 2.00 bits per heavy atom. The number of hydrogen-bond donors (Lipinski definition) is 1. The van der Waals surface area contributed by atoms with Crippen LogP contribution in [0.1, 0.15) is 24.6 Å². The minimum Gasteiger partial charge on any atom is -0.387 e. The van der Waals surface area contributed by atoms with Crippen LogP contribution in [0.4, 0.5) is 0 Å². The lowest BCUT2D eigenvalue weighted by Gasteiger charge is -2.26. The van der Waals surface area contributed by atoms with Crippen LogP contribution in [0, 0.1) is 5.92 Å². The van der Waals surface area contributed by atoms with Crippen LogP contribution in [0.15, 0.2) is 24.4 Å². The smallest absolute Gasteiger partial charge is 0.150 e. The zero-order valence-corrected chi connectivity index (χ0v) is 9.73. The van der Waals surface area contributed by atoms with Gasteiger partial charge in [-0.2, -0.15) is 0 Å². The first-order valence-corrected chi connectivity index (χ1v) is 7.20. The number of aromatic nitrogens is 1. The van der Waals surface area contributed by atoms with Gasteiger partial charge >= 0.3 is 0 Å². The van der Waals surface area contributed by atoms with E-state index in [4.69, 9.17) is 0 Å². The summed E-state index contributed by atoms with van der Waals surface area (Å²) in [6.45, 7) is 0. The summed E-state index contributed by atoms with van der Waals surface area (Å²) in [6.07, 6.45) is 2.05. The van der Waals surface area contributed by atoms with Gasteiger partial charge in [0.05, 0.1) is 23.3 Å². The number of aliphatic hydroxyl groups excluding tert-OH is 1. The highest BCUT2D eigenvalue weighted by Crippen LogP contribution is 2.30. The fraction of sp³-hybridized carbons (Fsp3) is 0.545. The van der Waals surface area contributed by atoms with E-state index in [-0.39, 0.29) is 17.4 Å². The number of nitrogens with zero attached hydrogens (tertiary/aromatic N) is 1. The summed E-state index contributed by atoms with van der Waals surface area (Å²) in [5.74, 6) is 0.377. The van der Waals surface area contributed by atoms with Gasteiger partial charge in [0.1, 0.15) is 9.84 Å². The Kier molecular flexibility index (Phi) is 3.25. The number of hydrogen-bond acceptors (Lipinski definition) is 4. The van der Waals surface area contributed by atoms with E-state index in [0.717, 1.165) is 0 Å². The van der Waals surface area contributed by atoms with Crippen LogP contribution < -0.4 is 0 Å². The van der Waals surface area contributed by atoms with Crippen LogP contribution >= 0.6 is 0 Å². The van der Waals surface area contributed by atoms with Gasteiger partial charge in [0, 0.05) is 6.20 Å². The van der Waals surface area contributed by atoms with E-state index in [1.54, 1.807) is 18.3 Å². The molecule has 1 aromatic heterocycles. The number of sulfone groups is 1. The van der Waals surface area contributed by atoms with Gasteiger partial charge in [-0.1, -0.05) is 6.07 Å². The Morgan fingerprint density at radius 3 is 2.56 bits per heavy atom. The summed E-state index contributed by atoms with van der Waals surface area (Å²) in [4.78, 5) is 4.09. The van der Waals surface area contributed by atoms with E-state index in [9.17, 15) is 13.5 Å². The van der Waals surface area contributed by atoms with Gasteiger partial charge in [0.25, 0.3) is 0 Å². The lowest BCUT2D eigenvalue weighted by molar-refractivity contribution is 0.0979. The molecule has 1 saturated heterocycles. The third-order valence-corrected chi connectivity index (χ3v) is 4.75. The molecular weight excluding hydrogens is 226 g/mol. The van der Waals surface area contributed by atoms with Crippen molar-refractivity contribution < 1.29 is 13.5 Å². The van der Waals surface area contributed by atoms with Gasteiger partial charge in [-0.25, -0.2) is 8.42 Å². The molecule has 0 aromatic carbocycles. The first-order chi connectivity index (χ1) is 7.58. The predicted molar refractivity (Wildman–Crippen MR) is 60.6 cm³/mol. The zero-order valence-electron chi connectivity index (χ0n) is 8.91. The molecule has 0 bridgehead atoms. The highest BCUT2D eigenvalue weighted by Gasteiger charge is 2.29. The molecule has 88 valence electrons. The minimum atomic E-state index is -2.86. The third-order valence-electron chi connectivity index (χ3n) is 3.04. The van der Waals surface area contributed by atoms with Crippen molar-refractivity contribution >= 4 is 9.84 Å². The molecule has 1 unspecified atom stereocenters. The minimum absolute atomic E-state index is 0.0124. The predicted octanol–water partition coefficient (Wildman–Crippen LogP) is 0.940. The molecule has 1 N–H and O–H groups in total. The van der Waals surface area contributed by atoms with Crippen molar-refractivity contribution in [2.75, 3.05) is 11.5 Å². The second-order valence-corrected chi connectivity index (χ2v) is 6.49. The average molecular weight is 241 g/mol. The van der Waals surface area contributed by atoms with E-state index < -0.39 is 15.9 Å². The van der Waals surface area contributed by atoms with Crippen LogP contribution in [-0.2, 0) is 9.84 Å². The van der Waals surface area contributed by atoms with Gasteiger partial charge in [-0.05, 0) is 30.9 Å². The summed E-state index contributed by atoms with van der Waals surface area (Å²) in [5.41, 5.74) is 0.631. The van der Waals surface area contributed by atoms with E-state index in [1.807, 2.05) is 6.07 Å². The van der Waals surface area contributed by atoms with E-state index in [2.05, 4.69) is 4.98 Å². The molecule has 0 amide bonds. The van der Waals surface area contributed by atoms with Crippen molar-refractivity contribution in [3.05, 3.63) is 30.1 Å². The SMILES string of the molecule is O=S1(=O)CCC(C(O)c2ccccn2)CC1. The normalized spacial score (nSPS) is 22.8. The largest absolute Gasteiger partial charge is 0.387 e. The second kappa shape index (κ2) is 4.51. The Bertz CT molecular complexity index is 430. The van der Waals surface area contributed by atoms with Crippen molar-refractivity contribution in [3.63, 3.8) is 0 Å². The van der Waals surface area contributed by atoms with Crippen LogP contribution in [0.25, 0.3) is 0 Å². The fourth-order valence-electron chi connectivity index (χ4n) is 2.02. The lowest BCUT2D eigenvalue weighted by atomic mass is 9.93. The lowest BCUT2D eigenvalue weighted by Crippen LogP contribution is -2.27. The second-order valence-electron chi connectivity index (χ2n) is 4.19. The molecule has 1 aliphatic rings. The summed E-state index contributed by atoms with van der Waals surface area (Å²) in [5, 5.41) is 10.1. The monoisotopic (exact) mass is 241 g/mol. The Labute approximate surface area is 95.3 Å². The summed E-state index contributed by atoms with van der Waals surface area (Å²) >= 11 is 0. The first kappa shape index (κ1) is 11.5. The molecule has 0 saturated carbocycles. The Morgan fingerprint density at radius 1 is 1.31 bits per heavy atom. The zero-order chi connectivity index (χ0) is 11.6. The van der Waals surface area contributed by atoms with Crippen molar-refractivity contribution in [1.82, 2.24) is 4.98 Å². The van der Waals surface area contributed by atoms with Crippen molar-refractivity contribution in [1.29, 1.82) is 0 Å². The van der Waals surface area contributed by atoms with Crippen LogP contribution in [0.3, 0.4) is 0 Å². The molecule has 1 aromatic rings.